The Bertz CT molecular complexity index is 1060. The molecule has 1 aliphatic heterocycles. The lowest BCUT2D eigenvalue weighted by Crippen LogP contribution is -2.41. The van der Waals surface area contributed by atoms with Crippen molar-refractivity contribution in [2.75, 3.05) is 30.8 Å². The smallest absolute Gasteiger partial charge is 0.321 e. The van der Waals surface area contributed by atoms with Crippen LogP contribution in [0.5, 0.6) is 5.75 Å². The van der Waals surface area contributed by atoms with Crippen molar-refractivity contribution in [3.8, 4) is 5.75 Å². The van der Waals surface area contributed by atoms with Gasteiger partial charge in [-0.15, -0.1) is 10.2 Å². The number of aromatic nitrogens is 2. The Morgan fingerprint density at radius 2 is 1.87 bits per heavy atom. The number of urea groups is 1. The van der Waals surface area contributed by atoms with Gasteiger partial charge < -0.3 is 20.3 Å². The number of rotatable bonds is 5. The Kier molecular flexibility index (Phi) is 6.42. The summed E-state index contributed by atoms with van der Waals surface area (Å²) >= 11 is 1.28. The van der Waals surface area contributed by atoms with E-state index in [9.17, 15) is 9.59 Å². The zero-order valence-electron chi connectivity index (χ0n) is 17.1. The molecule has 2 N–H and O–H groups in total. The lowest BCUT2D eigenvalue weighted by atomic mass is 9.99. The van der Waals surface area contributed by atoms with Crippen molar-refractivity contribution in [1.82, 2.24) is 15.1 Å². The number of benzene rings is 2. The molecule has 0 unspecified atom stereocenters. The molecule has 1 saturated heterocycles. The number of hydrogen-bond donors (Lipinski definition) is 2. The summed E-state index contributed by atoms with van der Waals surface area (Å²) in [5.74, 6) is 0.462. The van der Waals surface area contributed by atoms with Crippen LogP contribution < -0.4 is 15.4 Å². The van der Waals surface area contributed by atoms with E-state index in [0.717, 1.165) is 17.8 Å². The largest absolute Gasteiger partial charge is 0.497 e. The summed E-state index contributed by atoms with van der Waals surface area (Å²) in [5, 5.41) is 15.1. The molecule has 0 spiro atoms. The van der Waals surface area contributed by atoms with E-state index in [4.69, 9.17) is 4.74 Å². The lowest BCUT2D eigenvalue weighted by molar-refractivity contribution is 0.102. The van der Waals surface area contributed by atoms with Gasteiger partial charge in [0.05, 0.1) is 7.11 Å². The molecular formula is C22H23N5O3S. The van der Waals surface area contributed by atoms with Crippen LogP contribution in [0.4, 0.5) is 16.2 Å². The molecule has 0 saturated carbocycles. The molecule has 160 valence electrons. The minimum absolute atomic E-state index is 0.0561. The highest BCUT2D eigenvalue weighted by Gasteiger charge is 2.28. The number of carbonyl (C=O) groups is 2. The minimum atomic E-state index is -0.279. The van der Waals surface area contributed by atoms with Gasteiger partial charge in [-0.2, -0.15) is 0 Å². The van der Waals surface area contributed by atoms with Gasteiger partial charge in [-0.05, 0) is 37.1 Å². The average Bonchev–Trinajstić information content (AvgIpc) is 3.31. The van der Waals surface area contributed by atoms with Crippen molar-refractivity contribution in [2.24, 2.45) is 0 Å². The molecule has 0 aliphatic carbocycles. The summed E-state index contributed by atoms with van der Waals surface area (Å²) in [6.07, 6.45) is 1.76. The predicted molar refractivity (Wildman–Crippen MR) is 120 cm³/mol. The number of hydrogen-bond acceptors (Lipinski definition) is 6. The van der Waals surface area contributed by atoms with Crippen molar-refractivity contribution in [3.05, 3.63) is 64.6 Å². The molecule has 2 heterocycles. The van der Waals surface area contributed by atoms with Crippen molar-refractivity contribution in [1.29, 1.82) is 0 Å². The van der Waals surface area contributed by atoms with E-state index in [1.54, 1.807) is 18.1 Å². The lowest BCUT2D eigenvalue weighted by Gasteiger charge is -2.31. The fourth-order valence-electron chi connectivity index (χ4n) is 3.46. The second-order valence-electron chi connectivity index (χ2n) is 7.21. The predicted octanol–water partition coefficient (Wildman–Crippen LogP) is 4.21. The van der Waals surface area contributed by atoms with Gasteiger partial charge in [0.15, 0.2) is 0 Å². The van der Waals surface area contributed by atoms with Gasteiger partial charge in [0, 0.05) is 36.4 Å². The van der Waals surface area contributed by atoms with Crippen molar-refractivity contribution in [2.45, 2.75) is 18.8 Å². The van der Waals surface area contributed by atoms with Crippen LogP contribution in [0.25, 0.3) is 0 Å². The highest BCUT2D eigenvalue weighted by atomic mass is 32.1. The van der Waals surface area contributed by atoms with Crippen LogP contribution in [0, 0.1) is 0 Å². The molecule has 8 nitrogen and oxygen atoms in total. The second kappa shape index (κ2) is 9.57. The maximum atomic E-state index is 12.7. The standard InChI is InChI=1S/C22H23N5O3S/c1-30-18-11-5-10-17(13-18)24-22(29)27-12-6-7-15(14-27)20-25-26-21(31-20)19(28)23-16-8-3-2-4-9-16/h2-5,8-11,13,15H,6-7,12,14H2,1H3,(H,23,28)(H,24,29)/t15-/m1/s1. The fourth-order valence-corrected chi connectivity index (χ4v) is 4.33. The van der Waals surface area contributed by atoms with E-state index in [-0.39, 0.29) is 17.9 Å². The molecule has 4 rings (SSSR count). The number of methoxy groups -OCH3 is 1. The van der Waals surface area contributed by atoms with Gasteiger partial charge in [-0.3, -0.25) is 4.79 Å². The maximum Gasteiger partial charge on any atom is 0.321 e. The molecule has 1 aromatic heterocycles. The molecule has 1 atom stereocenters. The van der Waals surface area contributed by atoms with Crippen molar-refractivity contribution >= 4 is 34.6 Å². The highest BCUT2D eigenvalue weighted by Crippen LogP contribution is 2.30. The molecule has 9 heteroatoms. The third-order valence-corrected chi connectivity index (χ3v) is 6.13. The minimum Gasteiger partial charge on any atom is -0.497 e. The monoisotopic (exact) mass is 437 g/mol. The number of likely N-dealkylation sites (tertiary alicyclic amines) is 1. The van der Waals surface area contributed by atoms with Gasteiger partial charge in [-0.1, -0.05) is 35.6 Å². The second-order valence-corrected chi connectivity index (χ2v) is 8.22. The Hall–Kier alpha value is -3.46. The third-order valence-electron chi connectivity index (χ3n) is 5.05. The Balaban J connectivity index is 1.38. The summed E-state index contributed by atoms with van der Waals surface area (Å²) in [5.41, 5.74) is 1.39. The summed E-state index contributed by atoms with van der Waals surface area (Å²) < 4.78 is 5.20. The number of nitrogens with one attached hydrogen (secondary N) is 2. The number of piperidine rings is 1. The van der Waals surface area contributed by atoms with E-state index in [2.05, 4.69) is 20.8 Å². The van der Waals surface area contributed by atoms with Crippen LogP contribution in [0.15, 0.2) is 54.6 Å². The summed E-state index contributed by atoms with van der Waals surface area (Å²) in [6.45, 7) is 1.21. The number of para-hydroxylation sites is 1. The molecule has 1 fully saturated rings. The van der Waals surface area contributed by atoms with Gasteiger partial charge in [0.25, 0.3) is 5.91 Å². The molecule has 31 heavy (non-hydrogen) atoms. The van der Waals surface area contributed by atoms with E-state index < -0.39 is 0 Å². The molecule has 0 bridgehead atoms. The Morgan fingerprint density at radius 3 is 2.68 bits per heavy atom. The van der Waals surface area contributed by atoms with Crippen LogP contribution >= 0.6 is 11.3 Å². The van der Waals surface area contributed by atoms with Gasteiger partial charge in [0.2, 0.25) is 5.01 Å². The summed E-state index contributed by atoms with van der Waals surface area (Å²) in [6, 6.07) is 16.3. The van der Waals surface area contributed by atoms with Crippen LogP contribution in [0.2, 0.25) is 0 Å². The zero-order valence-corrected chi connectivity index (χ0v) is 17.9. The van der Waals surface area contributed by atoms with Crippen LogP contribution in [-0.4, -0.2) is 47.2 Å². The topological polar surface area (TPSA) is 96.4 Å². The van der Waals surface area contributed by atoms with E-state index in [1.165, 1.54) is 11.3 Å². The number of amides is 3. The van der Waals surface area contributed by atoms with Crippen molar-refractivity contribution < 1.29 is 14.3 Å². The van der Waals surface area contributed by atoms with E-state index in [0.29, 0.717) is 35.2 Å². The number of nitrogens with zero attached hydrogens (tertiary/aromatic N) is 3. The fraction of sp³-hybridized carbons (Fsp3) is 0.273. The van der Waals surface area contributed by atoms with Crippen molar-refractivity contribution in [3.63, 3.8) is 0 Å². The molecule has 3 aromatic rings. The first-order valence-electron chi connectivity index (χ1n) is 10.0. The Morgan fingerprint density at radius 1 is 1.06 bits per heavy atom. The van der Waals surface area contributed by atoms with Crippen LogP contribution in [0.3, 0.4) is 0 Å². The maximum absolute atomic E-state index is 12.7. The average molecular weight is 438 g/mol. The molecule has 1 aliphatic rings. The number of carbonyl (C=O) groups excluding carboxylic acids is 2. The SMILES string of the molecule is COc1cccc(NC(=O)N2CCC[C@@H](c3nnc(C(=O)Nc4ccccc4)s3)C2)c1. The van der Waals surface area contributed by atoms with Crippen LogP contribution in [-0.2, 0) is 0 Å². The first kappa shape index (κ1) is 20.8. The summed E-state index contributed by atoms with van der Waals surface area (Å²) in [4.78, 5) is 27.0. The third kappa shape index (κ3) is 5.18. The molecule has 2 aromatic carbocycles. The van der Waals surface area contributed by atoms with Gasteiger partial charge >= 0.3 is 6.03 Å². The number of ether oxygens (including phenoxy) is 1. The highest BCUT2D eigenvalue weighted by molar-refractivity contribution is 7.13. The first-order valence-corrected chi connectivity index (χ1v) is 10.8. The number of anilines is 2. The molecular weight excluding hydrogens is 414 g/mol. The first-order chi connectivity index (χ1) is 15.1. The molecule has 0 radical (unpaired) electrons. The quantitative estimate of drug-likeness (QED) is 0.623. The van der Waals surface area contributed by atoms with Crippen LogP contribution in [0.1, 0.15) is 33.6 Å². The van der Waals surface area contributed by atoms with E-state index >= 15 is 0 Å². The summed E-state index contributed by atoms with van der Waals surface area (Å²) in [7, 11) is 1.59. The van der Waals surface area contributed by atoms with E-state index in [1.807, 2.05) is 48.5 Å². The van der Waals surface area contributed by atoms with Gasteiger partial charge in [0.1, 0.15) is 10.8 Å². The molecule has 3 amide bonds. The Labute approximate surface area is 184 Å². The normalized spacial score (nSPS) is 15.9. The van der Waals surface area contributed by atoms with Gasteiger partial charge in [-0.25, -0.2) is 4.79 Å². The zero-order chi connectivity index (χ0) is 21.6.